The fourth-order valence-corrected chi connectivity index (χ4v) is 5.29. The summed E-state index contributed by atoms with van der Waals surface area (Å²) in [4.78, 5) is 25.6. The van der Waals surface area contributed by atoms with Gasteiger partial charge in [0.1, 0.15) is 0 Å². The van der Waals surface area contributed by atoms with E-state index in [2.05, 4.69) is 0 Å². The van der Waals surface area contributed by atoms with Crippen molar-refractivity contribution in [2.75, 3.05) is 4.90 Å². The lowest BCUT2D eigenvalue weighted by molar-refractivity contribution is -0.138. The first-order valence-electron chi connectivity index (χ1n) is 7.82. The predicted molar refractivity (Wildman–Crippen MR) is 88.1 cm³/mol. The SMILES string of the molecule is Cc1ccc(N2C(=O)C(CC(=O)O)SC23CCCCC3)cc1. The number of anilines is 1. The van der Waals surface area contributed by atoms with Crippen molar-refractivity contribution in [2.45, 2.75) is 55.6 Å². The van der Waals surface area contributed by atoms with Crippen LogP contribution in [0.5, 0.6) is 0 Å². The van der Waals surface area contributed by atoms with E-state index < -0.39 is 11.2 Å². The van der Waals surface area contributed by atoms with Crippen LogP contribution < -0.4 is 4.90 Å². The summed E-state index contributed by atoms with van der Waals surface area (Å²) in [6, 6.07) is 7.98. The van der Waals surface area contributed by atoms with Crippen LogP contribution in [0.2, 0.25) is 0 Å². The average molecular weight is 319 g/mol. The van der Waals surface area contributed by atoms with Crippen LogP contribution in [0.1, 0.15) is 44.1 Å². The second-order valence-electron chi connectivity index (χ2n) is 6.22. The second kappa shape index (κ2) is 5.95. The Morgan fingerprint density at radius 2 is 1.91 bits per heavy atom. The minimum absolute atomic E-state index is 0.0434. The molecule has 2 fully saturated rings. The Kier molecular flexibility index (Phi) is 4.17. The van der Waals surface area contributed by atoms with Crippen molar-refractivity contribution in [3.05, 3.63) is 29.8 Å². The summed E-state index contributed by atoms with van der Waals surface area (Å²) in [5, 5.41) is 8.63. The van der Waals surface area contributed by atoms with Crippen molar-refractivity contribution in [2.24, 2.45) is 0 Å². The normalized spacial score (nSPS) is 24.0. The van der Waals surface area contributed by atoms with E-state index in [4.69, 9.17) is 5.11 Å². The maximum Gasteiger partial charge on any atom is 0.305 e. The molecule has 0 radical (unpaired) electrons. The zero-order valence-electron chi connectivity index (χ0n) is 12.7. The summed E-state index contributed by atoms with van der Waals surface area (Å²) in [6.45, 7) is 2.02. The first kappa shape index (κ1) is 15.4. The molecular formula is C17H21NO3S. The molecule has 1 amide bonds. The maximum atomic E-state index is 12.8. The average Bonchev–Trinajstić information content (AvgIpc) is 2.73. The Balaban J connectivity index is 1.96. The number of carbonyl (C=O) groups is 2. The van der Waals surface area contributed by atoms with Gasteiger partial charge in [-0.25, -0.2) is 0 Å². The zero-order valence-corrected chi connectivity index (χ0v) is 13.6. The summed E-state index contributed by atoms with van der Waals surface area (Å²) in [5.41, 5.74) is 2.06. The van der Waals surface area contributed by atoms with Crippen molar-refractivity contribution < 1.29 is 14.7 Å². The van der Waals surface area contributed by atoms with E-state index in [0.29, 0.717) is 0 Å². The van der Waals surface area contributed by atoms with Crippen LogP contribution in [0.3, 0.4) is 0 Å². The van der Waals surface area contributed by atoms with E-state index in [0.717, 1.165) is 36.9 Å². The number of carboxylic acid groups (broad SMARTS) is 1. The van der Waals surface area contributed by atoms with E-state index in [1.54, 1.807) is 11.8 Å². The molecule has 1 aromatic carbocycles. The summed E-state index contributed by atoms with van der Waals surface area (Å²) in [6.07, 6.45) is 5.21. The molecule has 1 unspecified atom stereocenters. The lowest BCUT2D eigenvalue weighted by Crippen LogP contribution is -2.46. The van der Waals surface area contributed by atoms with Crippen LogP contribution in [0.25, 0.3) is 0 Å². The van der Waals surface area contributed by atoms with Crippen LogP contribution in [0, 0.1) is 6.92 Å². The van der Waals surface area contributed by atoms with Gasteiger partial charge in [-0.1, -0.05) is 37.0 Å². The van der Waals surface area contributed by atoms with Gasteiger partial charge in [0, 0.05) is 5.69 Å². The number of aliphatic carboxylic acids is 1. The smallest absolute Gasteiger partial charge is 0.305 e. The molecule has 1 saturated heterocycles. The molecule has 2 aliphatic rings. The van der Waals surface area contributed by atoms with Crippen molar-refractivity contribution in [1.82, 2.24) is 0 Å². The largest absolute Gasteiger partial charge is 0.481 e. The van der Waals surface area contributed by atoms with E-state index in [9.17, 15) is 9.59 Å². The Labute approximate surface area is 134 Å². The van der Waals surface area contributed by atoms with Gasteiger partial charge in [0.2, 0.25) is 5.91 Å². The van der Waals surface area contributed by atoms with Gasteiger partial charge in [0.05, 0.1) is 16.5 Å². The van der Waals surface area contributed by atoms with Gasteiger partial charge in [0.25, 0.3) is 0 Å². The molecule has 1 spiro atoms. The first-order chi connectivity index (χ1) is 10.5. The standard InChI is InChI=1S/C17H21NO3S/c1-12-5-7-13(8-6-12)18-16(21)14(11-15(19)20)22-17(18)9-3-2-4-10-17/h5-8,14H,2-4,9-11H2,1H3,(H,19,20). The molecule has 1 N–H and O–H groups in total. The quantitative estimate of drug-likeness (QED) is 0.925. The number of nitrogens with zero attached hydrogens (tertiary/aromatic N) is 1. The van der Waals surface area contributed by atoms with Crippen molar-refractivity contribution in [1.29, 1.82) is 0 Å². The van der Waals surface area contributed by atoms with Crippen molar-refractivity contribution in [3.8, 4) is 0 Å². The number of carboxylic acids is 1. The molecule has 1 aliphatic carbocycles. The number of carbonyl (C=O) groups excluding carboxylic acids is 1. The van der Waals surface area contributed by atoms with Gasteiger partial charge >= 0.3 is 5.97 Å². The van der Waals surface area contributed by atoms with Gasteiger partial charge in [-0.2, -0.15) is 0 Å². The monoisotopic (exact) mass is 319 g/mol. The Morgan fingerprint density at radius 3 is 2.50 bits per heavy atom. The van der Waals surface area contributed by atoms with Crippen molar-refractivity contribution >= 4 is 29.3 Å². The highest BCUT2D eigenvalue weighted by atomic mass is 32.2. The number of hydrogen-bond acceptors (Lipinski definition) is 3. The minimum Gasteiger partial charge on any atom is -0.481 e. The highest BCUT2D eigenvalue weighted by molar-refractivity contribution is 8.02. The fourth-order valence-electron chi connectivity index (χ4n) is 3.50. The molecule has 0 bridgehead atoms. The summed E-state index contributed by atoms with van der Waals surface area (Å²) in [7, 11) is 0. The van der Waals surface area contributed by atoms with Gasteiger partial charge in [-0.15, -0.1) is 11.8 Å². The molecule has 1 aliphatic heterocycles. The topological polar surface area (TPSA) is 57.6 Å². The highest BCUT2D eigenvalue weighted by Gasteiger charge is 2.52. The van der Waals surface area contributed by atoms with Gasteiger partial charge in [0.15, 0.2) is 0 Å². The van der Waals surface area contributed by atoms with E-state index in [1.165, 1.54) is 6.42 Å². The molecule has 1 atom stereocenters. The fraction of sp³-hybridized carbons (Fsp3) is 0.529. The number of rotatable bonds is 3. The number of hydrogen-bond donors (Lipinski definition) is 1. The Hall–Kier alpha value is -1.49. The van der Waals surface area contributed by atoms with Crippen LogP contribution in [-0.2, 0) is 9.59 Å². The maximum absolute atomic E-state index is 12.8. The van der Waals surface area contributed by atoms with Gasteiger partial charge < -0.3 is 5.11 Å². The summed E-state index contributed by atoms with van der Waals surface area (Å²) < 4.78 is 0. The number of thioether (sulfide) groups is 1. The first-order valence-corrected chi connectivity index (χ1v) is 8.70. The zero-order chi connectivity index (χ0) is 15.7. The lowest BCUT2D eigenvalue weighted by atomic mass is 9.92. The Bertz CT molecular complexity index is 578. The third kappa shape index (κ3) is 2.74. The number of amides is 1. The molecule has 118 valence electrons. The molecule has 3 rings (SSSR count). The van der Waals surface area contributed by atoms with Crippen molar-refractivity contribution in [3.63, 3.8) is 0 Å². The molecule has 1 aromatic rings. The molecule has 4 nitrogen and oxygen atoms in total. The molecule has 1 saturated carbocycles. The number of aryl methyl sites for hydroxylation is 1. The second-order valence-corrected chi connectivity index (χ2v) is 7.79. The number of benzene rings is 1. The third-order valence-electron chi connectivity index (χ3n) is 4.55. The van der Waals surface area contributed by atoms with E-state index in [1.807, 2.05) is 36.1 Å². The Morgan fingerprint density at radius 1 is 1.27 bits per heavy atom. The van der Waals surface area contributed by atoms with E-state index >= 15 is 0 Å². The molecule has 0 aromatic heterocycles. The van der Waals surface area contributed by atoms with Crippen LogP contribution in [-0.4, -0.2) is 27.1 Å². The third-order valence-corrected chi connectivity index (χ3v) is 6.23. The van der Waals surface area contributed by atoms with Gasteiger partial charge in [-0.3, -0.25) is 14.5 Å². The molecule has 22 heavy (non-hydrogen) atoms. The summed E-state index contributed by atoms with van der Waals surface area (Å²) in [5.74, 6) is -0.944. The predicted octanol–water partition coefficient (Wildman–Crippen LogP) is 3.58. The van der Waals surface area contributed by atoms with Gasteiger partial charge in [-0.05, 0) is 31.9 Å². The summed E-state index contributed by atoms with van der Waals surface area (Å²) >= 11 is 1.57. The lowest BCUT2D eigenvalue weighted by Gasteiger charge is -2.40. The minimum atomic E-state index is -0.900. The molecule has 5 heteroatoms. The van der Waals surface area contributed by atoms with Crippen LogP contribution in [0.15, 0.2) is 24.3 Å². The van der Waals surface area contributed by atoms with Crippen LogP contribution in [0.4, 0.5) is 5.69 Å². The van der Waals surface area contributed by atoms with Crippen LogP contribution >= 0.6 is 11.8 Å². The molecule has 1 heterocycles. The highest BCUT2D eigenvalue weighted by Crippen LogP contribution is 2.52. The van der Waals surface area contributed by atoms with E-state index in [-0.39, 0.29) is 17.2 Å². The molecular weight excluding hydrogens is 298 g/mol.